The quantitative estimate of drug-likeness (QED) is 0.387. The topological polar surface area (TPSA) is 77.1 Å². The molecule has 2 aromatic heterocycles. The van der Waals surface area contributed by atoms with Gasteiger partial charge in [0, 0.05) is 36.1 Å². The highest BCUT2D eigenvalue weighted by Gasteiger charge is 2.26. The minimum atomic E-state index is -0.857. The van der Waals surface area contributed by atoms with E-state index in [-0.39, 0.29) is 22.1 Å². The molecule has 5 rings (SSSR count). The van der Waals surface area contributed by atoms with E-state index >= 15 is 0 Å². The largest absolute Gasteiger partial charge is 0.455 e. The van der Waals surface area contributed by atoms with Crippen molar-refractivity contribution in [1.29, 1.82) is 0 Å². The van der Waals surface area contributed by atoms with Gasteiger partial charge in [0.15, 0.2) is 11.0 Å². The summed E-state index contributed by atoms with van der Waals surface area (Å²) in [6, 6.07) is 19.5. The maximum absolute atomic E-state index is 14.8. The molecule has 0 aliphatic carbocycles. The van der Waals surface area contributed by atoms with Crippen molar-refractivity contribution in [2.45, 2.75) is 13.0 Å². The highest BCUT2D eigenvalue weighted by molar-refractivity contribution is 6.05. The molecule has 1 atom stereocenters. The Morgan fingerprint density at radius 2 is 1.77 bits per heavy atom. The summed E-state index contributed by atoms with van der Waals surface area (Å²) >= 11 is 0. The van der Waals surface area contributed by atoms with Crippen molar-refractivity contribution >= 4 is 16.9 Å². The molecule has 0 bridgehead atoms. The molecular weight excluding hydrogens is 445 g/mol. The van der Waals surface area contributed by atoms with Gasteiger partial charge in [-0.05, 0) is 25.1 Å². The number of nitrogens with zero attached hydrogens (tertiary/aromatic N) is 2. The third-order valence-corrected chi connectivity index (χ3v) is 6.03. The minimum absolute atomic E-state index is 0.173. The van der Waals surface area contributed by atoms with Gasteiger partial charge in [-0.15, -0.1) is 0 Å². The zero-order chi connectivity index (χ0) is 24.5. The summed E-state index contributed by atoms with van der Waals surface area (Å²) in [5.74, 6) is -0.117. The third-order valence-electron chi connectivity index (χ3n) is 6.03. The number of carbonyl (C=O) groups excluding carboxylic acids is 1. The first-order chi connectivity index (χ1) is 17.0. The molecular formula is C28H22FN3O3. The molecule has 0 saturated heterocycles. The second-order valence-corrected chi connectivity index (χ2v) is 8.26. The predicted octanol–water partition coefficient (Wildman–Crippen LogP) is 5.16. The van der Waals surface area contributed by atoms with Crippen molar-refractivity contribution in [1.82, 2.24) is 14.9 Å². The van der Waals surface area contributed by atoms with Crippen LogP contribution in [0.1, 0.15) is 33.4 Å². The van der Waals surface area contributed by atoms with Crippen LogP contribution < -0.4 is 10.7 Å². The SMILES string of the molecule is Cc1c(-c2ccccc2)oc2c(C(=O)NC(c3ccccc3F)c3nccn3C)cccc2c1=O. The van der Waals surface area contributed by atoms with E-state index in [4.69, 9.17) is 4.42 Å². The van der Waals surface area contributed by atoms with E-state index in [2.05, 4.69) is 10.3 Å². The van der Waals surface area contributed by atoms with Crippen LogP contribution in [0.3, 0.4) is 0 Å². The molecule has 3 aromatic carbocycles. The Labute approximate surface area is 200 Å². The fourth-order valence-corrected chi connectivity index (χ4v) is 4.21. The molecule has 2 heterocycles. The molecule has 1 N–H and O–H groups in total. The average molecular weight is 468 g/mol. The Morgan fingerprint density at radius 1 is 1.03 bits per heavy atom. The highest BCUT2D eigenvalue weighted by atomic mass is 19.1. The smallest absolute Gasteiger partial charge is 0.255 e. The summed E-state index contributed by atoms with van der Waals surface area (Å²) in [7, 11) is 1.77. The summed E-state index contributed by atoms with van der Waals surface area (Å²) in [6.07, 6.45) is 3.31. The number of hydrogen-bond donors (Lipinski definition) is 1. The van der Waals surface area contributed by atoms with Crippen LogP contribution in [-0.4, -0.2) is 15.5 Å². The van der Waals surface area contributed by atoms with Gasteiger partial charge < -0.3 is 14.3 Å². The zero-order valence-electron chi connectivity index (χ0n) is 19.2. The number of aryl methyl sites for hydroxylation is 1. The summed E-state index contributed by atoms with van der Waals surface area (Å²) in [5, 5.41) is 3.20. The molecule has 35 heavy (non-hydrogen) atoms. The molecule has 1 unspecified atom stereocenters. The van der Waals surface area contributed by atoms with E-state index in [1.54, 1.807) is 67.3 Å². The number of amides is 1. The molecule has 0 saturated carbocycles. The number of rotatable bonds is 5. The van der Waals surface area contributed by atoms with Gasteiger partial charge in [-0.3, -0.25) is 9.59 Å². The molecule has 0 fully saturated rings. The summed E-state index contributed by atoms with van der Waals surface area (Å²) < 4.78 is 22.7. The van der Waals surface area contributed by atoms with Gasteiger partial charge in [-0.25, -0.2) is 9.37 Å². The lowest BCUT2D eigenvalue weighted by atomic mass is 10.0. The van der Waals surface area contributed by atoms with E-state index in [0.717, 1.165) is 5.56 Å². The van der Waals surface area contributed by atoms with Gasteiger partial charge >= 0.3 is 0 Å². The van der Waals surface area contributed by atoms with Crippen molar-refractivity contribution in [3.8, 4) is 11.3 Å². The average Bonchev–Trinajstić information content (AvgIpc) is 3.30. The Morgan fingerprint density at radius 3 is 2.49 bits per heavy atom. The van der Waals surface area contributed by atoms with Crippen LogP contribution in [0.15, 0.2) is 94.4 Å². The first-order valence-electron chi connectivity index (χ1n) is 11.1. The minimum Gasteiger partial charge on any atom is -0.455 e. The van der Waals surface area contributed by atoms with Gasteiger partial charge in [0.05, 0.1) is 10.9 Å². The summed E-state index contributed by atoms with van der Waals surface area (Å²) in [6.45, 7) is 1.70. The number of fused-ring (bicyclic) bond motifs is 1. The number of imidazole rings is 1. The number of aromatic nitrogens is 2. The molecule has 6 nitrogen and oxygen atoms in total. The van der Waals surface area contributed by atoms with E-state index < -0.39 is 17.8 Å². The maximum atomic E-state index is 14.8. The normalized spacial score (nSPS) is 12.0. The summed E-state index contributed by atoms with van der Waals surface area (Å²) in [5.41, 5.74) is 1.60. The lowest BCUT2D eigenvalue weighted by molar-refractivity contribution is 0.0941. The Hall–Kier alpha value is -4.52. The molecule has 174 valence electrons. The first kappa shape index (κ1) is 22.3. The van der Waals surface area contributed by atoms with E-state index in [0.29, 0.717) is 22.5 Å². The fraction of sp³-hybridized carbons (Fsp3) is 0.107. The molecule has 0 radical (unpaired) electrons. The number of hydrogen-bond acceptors (Lipinski definition) is 4. The van der Waals surface area contributed by atoms with Crippen molar-refractivity contribution < 1.29 is 13.6 Å². The third kappa shape index (κ3) is 4.01. The Kier molecular flexibility index (Phi) is 5.74. The van der Waals surface area contributed by atoms with E-state index in [9.17, 15) is 14.0 Å². The molecule has 5 aromatic rings. The number of carbonyl (C=O) groups is 1. The fourth-order valence-electron chi connectivity index (χ4n) is 4.21. The van der Waals surface area contributed by atoms with E-state index in [1.165, 1.54) is 6.07 Å². The van der Waals surface area contributed by atoms with Gasteiger partial charge in [-0.2, -0.15) is 0 Å². The molecule has 0 spiro atoms. The Balaban J connectivity index is 1.64. The van der Waals surface area contributed by atoms with Gasteiger partial charge in [-0.1, -0.05) is 54.6 Å². The predicted molar refractivity (Wildman–Crippen MR) is 132 cm³/mol. The zero-order valence-corrected chi connectivity index (χ0v) is 19.2. The monoisotopic (exact) mass is 467 g/mol. The molecule has 0 aliphatic rings. The van der Waals surface area contributed by atoms with Gasteiger partial charge in [0.25, 0.3) is 5.91 Å². The number of halogens is 1. The van der Waals surface area contributed by atoms with E-state index in [1.807, 2.05) is 30.3 Å². The van der Waals surface area contributed by atoms with Crippen molar-refractivity contribution in [3.05, 3.63) is 124 Å². The number of para-hydroxylation sites is 1. The van der Waals surface area contributed by atoms with Crippen LogP contribution >= 0.6 is 0 Å². The molecule has 1 amide bonds. The number of nitrogens with one attached hydrogen (secondary N) is 1. The highest BCUT2D eigenvalue weighted by Crippen LogP contribution is 2.29. The van der Waals surface area contributed by atoms with Crippen molar-refractivity contribution in [2.24, 2.45) is 7.05 Å². The second kappa shape index (κ2) is 9.02. The Bertz CT molecular complexity index is 1610. The van der Waals surface area contributed by atoms with Crippen molar-refractivity contribution in [2.75, 3.05) is 0 Å². The van der Waals surface area contributed by atoms with Crippen LogP contribution in [0.4, 0.5) is 4.39 Å². The maximum Gasteiger partial charge on any atom is 0.255 e. The van der Waals surface area contributed by atoms with Gasteiger partial charge in [0.2, 0.25) is 0 Å². The van der Waals surface area contributed by atoms with Crippen LogP contribution in [0, 0.1) is 12.7 Å². The lowest BCUT2D eigenvalue weighted by Crippen LogP contribution is -2.32. The van der Waals surface area contributed by atoms with Crippen LogP contribution in [0.5, 0.6) is 0 Å². The second-order valence-electron chi connectivity index (χ2n) is 8.26. The lowest BCUT2D eigenvalue weighted by Gasteiger charge is -2.20. The standard InChI is InChI=1S/C28H22FN3O3/c1-17-24(33)20-12-8-13-21(26(20)35-25(17)18-9-4-3-5-10-18)28(34)31-23(27-30-15-16-32(27)2)19-11-6-7-14-22(19)29/h3-16,23H,1-2H3,(H,31,34). The summed E-state index contributed by atoms with van der Waals surface area (Å²) in [4.78, 5) is 31.1. The molecule has 0 aliphatic heterocycles. The van der Waals surface area contributed by atoms with Crippen molar-refractivity contribution in [3.63, 3.8) is 0 Å². The van der Waals surface area contributed by atoms with Crippen LogP contribution in [0.25, 0.3) is 22.3 Å². The van der Waals surface area contributed by atoms with Crippen LogP contribution in [-0.2, 0) is 7.05 Å². The van der Waals surface area contributed by atoms with Gasteiger partial charge in [0.1, 0.15) is 23.4 Å². The number of benzene rings is 3. The molecule has 7 heteroatoms. The van der Waals surface area contributed by atoms with Crippen LogP contribution in [0.2, 0.25) is 0 Å². The first-order valence-corrected chi connectivity index (χ1v) is 11.1.